The summed E-state index contributed by atoms with van der Waals surface area (Å²) in [7, 11) is 4.77. The van der Waals surface area contributed by atoms with Crippen LogP contribution < -0.4 is 10.1 Å². The van der Waals surface area contributed by atoms with Gasteiger partial charge in [0.2, 0.25) is 0 Å². The lowest BCUT2D eigenvalue weighted by Gasteiger charge is -2.26. The van der Waals surface area contributed by atoms with Gasteiger partial charge in [-0.3, -0.25) is 0 Å². The predicted octanol–water partition coefficient (Wildman–Crippen LogP) is 2.06. The first kappa shape index (κ1) is 15.8. The normalized spacial score (nSPS) is 14.4. The van der Waals surface area contributed by atoms with Crippen molar-refractivity contribution < 1.29 is 19.3 Å². The second-order valence-corrected chi connectivity index (χ2v) is 4.44. The van der Waals surface area contributed by atoms with Crippen LogP contribution in [0.4, 0.5) is 0 Å². The third-order valence-corrected chi connectivity index (χ3v) is 3.09. The molecule has 0 saturated heterocycles. The molecule has 0 amide bonds. The second kappa shape index (κ2) is 7.33. The molecule has 0 aliphatic carbocycles. The number of benzene rings is 1. The maximum Gasteiger partial charge on any atom is 0.171 e. The number of nitrogens with one attached hydrogen (secondary N) is 1. The summed E-state index contributed by atoms with van der Waals surface area (Å²) in [5.41, 5.74) is 0.804. The van der Waals surface area contributed by atoms with Crippen molar-refractivity contribution in [2.24, 2.45) is 0 Å². The molecule has 0 spiro atoms. The fourth-order valence-electron chi connectivity index (χ4n) is 2.08. The summed E-state index contributed by atoms with van der Waals surface area (Å²) in [6.07, 6.45) is -0.331. The quantitative estimate of drug-likeness (QED) is 0.742. The maximum atomic E-state index is 9.98. The minimum Gasteiger partial charge on any atom is -0.507 e. The van der Waals surface area contributed by atoms with Gasteiger partial charge < -0.3 is 24.6 Å². The van der Waals surface area contributed by atoms with E-state index in [0.29, 0.717) is 5.75 Å². The van der Waals surface area contributed by atoms with Crippen molar-refractivity contribution >= 4 is 0 Å². The topological polar surface area (TPSA) is 60.0 Å². The van der Waals surface area contributed by atoms with Gasteiger partial charge in [-0.05, 0) is 19.9 Å². The fraction of sp³-hybridized carbons (Fsp3) is 0.571. The summed E-state index contributed by atoms with van der Waals surface area (Å²) in [4.78, 5) is 0. The Bertz CT molecular complexity index is 393. The van der Waals surface area contributed by atoms with Crippen LogP contribution in [0.25, 0.3) is 0 Å². The molecule has 0 aliphatic rings. The molecule has 1 rings (SSSR count). The lowest BCUT2D eigenvalue weighted by molar-refractivity contribution is -0.120. The Morgan fingerprint density at radius 3 is 2.21 bits per heavy atom. The minimum atomic E-state index is -0.331. The molecule has 1 aromatic carbocycles. The van der Waals surface area contributed by atoms with Gasteiger partial charge in [0.25, 0.3) is 0 Å². The molecule has 5 heteroatoms. The number of phenolic OH excluding ortho intramolecular Hbond substituents is 1. The van der Waals surface area contributed by atoms with E-state index < -0.39 is 0 Å². The van der Waals surface area contributed by atoms with Crippen molar-refractivity contribution in [3.63, 3.8) is 0 Å². The highest BCUT2D eigenvalue weighted by molar-refractivity contribution is 5.41. The zero-order valence-corrected chi connectivity index (χ0v) is 12.1. The van der Waals surface area contributed by atoms with Crippen molar-refractivity contribution in [2.45, 2.75) is 32.2 Å². The van der Waals surface area contributed by atoms with Crippen molar-refractivity contribution in [3.05, 3.63) is 23.8 Å². The van der Waals surface area contributed by atoms with E-state index in [1.54, 1.807) is 27.4 Å². The average molecular weight is 269 g/mol. The van der Waals surface area contributed by atoms with Gasteiger partial charge in [-0.25, -0.2) is 0 Å². The van der Waals surface area contributed by atoms with Gasteiger partial charge >= 0.3 is 0 Å². The van der Waals surface area contributed by atoms with Gasteiger partial charge in [0, 0.05) is 31.9 Å². The molecule has 0 radical (unpaired) electrons. The summed E-state index contributed by atoms with van der Waals surface area (Å²) >= 11 is 0. The summed E-state index contributed by atoms with van der Waals surface area (Å²) < 4.78 is 15.5. The van der Waals surface area contributed by atoms with Crippen LogP contribution in [0.15, 0.2) is 18.2 Å². The summed E-state index contributed by atoms with van der Waals surface area (Å²) in [5, 5.41) is 13.3. The molecule has 2 N–H and O–H groups in total. The molecule has 108 valence electrons. The zero-order chi connectivity index (χ0) is 14.4. The highest BCUT2D eigenvalue weighted by Gasteiger charge is 2.20. The Morgan fingerprint density at radius 2 is 1.74 bits per heavy atom. The molecule has 0 bridgehead atoms. The standard InChI is InChI=1S/C14H23NO4/c1-9(15-10(2)14(18-4)19-5)12-7-6-11(17-3)8-13(12)16/h6-10,14-16H,1-5H3. The van der Waals surface area contributed by atoms with Crippen molar-refractivity contribution in [2.75, 3.05) is 21.3 Å². The number of hydrogen-bond acceptors (Lipinski definition) is 5. The molecule has 0 aliphatic heterocycles. The number of aromatic hydroxyl groups is 1. The largest absolute Gasteiger partial charge is 0.507 e. The molecule has 0 fully saturated rings. The predicted molar refractivity (Wildman–Crippen MR) is 73.5 cm³/mol. The second-order valence-electron chi connectivity index (χ2n) is 4.44. The number of hydrogen-bond donors (Lipinski definition) is 2. The average Bonchev–Trinajstić information content (AvgIpc) is 2.39. The minimum absolute atomic E-state index is 0.00787. The molecule has 5 nitrogen and oxygen atoms in total. The molecule has 0 aromatic heterocycles. The van der Waals surface area contributed by atoms with Crippen LogP contribution in [0, 0.1) is 0 Å². The van der Waals surface area contributed by atoms with Crippen molar-refractivity contribution in [1.29, 1.82) is 0 Å². The first-order valence-corrected chi connectivity index (χ1v) is 6.22. The summed E-state index contributed by atoms with van der Waals surface area (Å²) in [5.74, 6) is 0.839. The molecule has 2 unspecified atom stereocenters. The number of methoxy groups -OCH3 is 3. The van der Waals surface area contributed by atoms with Gasteiger partial charge in [-0.15, -0.1) is 0 Å². The van der Waals surface area contributed by atoms with Crippen LogP contribution in [0.1, 0.15) is 25.5 Å². The highest BCUT2D eigenvalue weighted by Crippen LogP contribution is 2.28. The summed E-state index contributed by atoms with van der Waals surface area (Å²) in [6.45, 7) is 3.94. The first-order valence-electron chi connectivity index (χ1n) is 6.22. The molecule has 0 saturated carbocycles. The molecule has 19 heavy (non-hydrogen) atoms. The molecular weight excluding hydrogens is 246 g/mol. The van der Waals surface area contributed by atoms with Crippen LogP contribution in [0.5, 0.6) is 11.5 Å². The SMILES string of the molecule is COc1ccc(C(C)NC(C)C(OC)OC)c(O)c1. The van der Waals surface area contributed by atoms with Gasteiger partial charge in [-0.1, -0.05) is 6.07 Å². The van der Waals surface area contributed by atoms with E-state index in [9.17, 15) is 5.11 Å². The van der Waals surface area contributed by atoms with Gasteiger partial charge in [-0.2, -0.15) is 0 Å². The van der Waals surface area contributed by atoms with Crippen LogP contribution in [-0.2, 0) is 9.47 Å². The Balaban J connectivity index is 2.75. The fourth-order valence-corrected chi connectivity index (χ4v) is 2.08. The molecule has 2 atom stereocenters. The Morgan fingerprint density at radius 1 is 1.11 bits per heavy atom. The first-order chi connectivity index (χ1) is 9.03. The smallest absolute Gasteiger partial charge is 0.171 e. The van der Waals surface area contributed by atoms with E-state index >= 15 is 0 Å². The van der Waals surface area contributed by atoms with E-state index in [0.717, 1.165) is 5.56 Å². The third-order valence-electron chi connectivity index (χ3n) is 3.09. The highest BCUT2D eigenvalue weighted by atomic mass is 16.7. The van der Waals surface area contributed by atoms with E-state index in [2.05, 4.69) is 5.32 Å². The van der Waals surface area contributed by atoms with Crippen LogP contribution in [0.3, 0.4) is 0 Å². The number of phenols is 1. The number of rotatable bonds is 7. The molecule has 0 heterocycles. The lowest BCUT2D eigenvalue weighted by atomic mass is 10.1. The monoisotopic (exact) mass is 269 g/mol. The Hall–Kier alpha value is -1.30. The van der Waals surface area contributed by atoms with E-state index in [-0.39, 0.29) is 24.1 Å². The van der Waals surface area contributed by atoms with E-state index in [1.165, 1.54) is 0 Å². The van der Waals surface area contributed by atoms with E-state index in [1.807, 2.05) is 26.0 Å². The van der Waals surface area contributed by atoms with Crippen LogP contribution in [0.2, 0.25) is 0 Å². The van der Waals surface area contributed by atoms with Gasteiger partial charge in [0.15, 0.2) is 6.29 Å². The zero-order valence-electron chi connectivity index (χ0n) is 12.1. The van der Waals surface area contributed by atoms with Crippen LogP contribution in [-0.4, -0.2) is 38.8 Å². The van der Waals surface area contributed by atoms with Crippen molar-refractivity contribution in [3.8, 4) is 11.5 Å². The number of ether oxygens (including phenoxy) is 3. The van der Waals surface area contributed by atoms with Crippen molar-refractivity contribution in [1.82, 2.24) is 5.32 Å². The molecule has 1 aromatic rings. The third kappa shape index (κ3) is 4.09. The summed E-state index contributed by atoms with van der Waals surface area (Å²) in [6, 6.07) is 5.22. The Kier molecular flexibility index (Phi) is 6.08. The van der Waals surface area contributed by atoms with Gasteiger partial charge in [0.05, 0.1) is 13.2 Å². The Labute approximate surface area is 114 Å². The van der Waals surface area contributed by atoms with Gasteiger partial charge in [0.1, 0.15) is 11.5 Å². The van der Waals surface area contributed by atoms with E-state index in [4.69, 9.17) is 14.2 Å². The lowest BCUT2D eigenvalue weighted by Crippen LogP contribution is -2.40. The maximum absolute atomic E-state index is 9.98. The molecular formula is C14H23NO4. The van der Waals surface area contributed by atoms with Crippen LogP contribution >= 0.6 is 0 Å².